The summed E-state index contributed by atoms with van der Waals surface area (Å²) in [5.74, 6) is -0.0419. The number of carbonyl (C=O) groups excluding carboxylic acids is 1. The molecular formula is C12H14BrNO. The molecule has 0 aliphatic heterocycles. The molecule has 2 nitrogen and oxygen atoms in total. The van der Waals surface area contributed by atoms with Gasteiger partial charge in [-0.1, -0.05) is 35.0 Å². The molecule has 0 atom stereocenters. The van der Waals surface area contributed by atoms with Crippen molar-refractivity contribution in [1.82, 2.24) is 5.32 Å². The number of nitrogens with one attached hydrogen (secondary N) is 1. The predicted molar refractivity (Wildman–Crippen MR) is 66.5 cm³/mol. The summed E-state index contributed by atoms with van der Waals surface area (Å²) in [5.41, 5.74) is 1.02. The van der Waals surface area contributed by atoms with Crippen molar-refractivity contribution < 1.29 is 4.79 Å². The molecule has 0 heterocycles. The van der Waals surface area contributed by atoms with E-state index in [4.69, 9.17) is 0 Å². The lowest BCUT2D eigenvalue weighted by molar-refractivity contribution is -0.116. The monoisotopic (exact) mass is 267 g/mol. The van der Waals surface area contributed by atoms with Gasteiger partial charge in [0, 0.05) is 17.1 Å². The fraction of sp³-hybridized carbons (Fsp3) is 0.250. The fourth-order valence-electron chi connectivity index (χ4n) is 1.05. The quantitative estimate of drug-likeness (QED) is 0.836. The van der Waals surface area contributed by atoms with Gasteiger partial charge in [0.15, 0.2) is 0 Å². The van der Waals surface area contributed by atoms with Gasteiger partial charge in [-0.2, -0.15) is 0 Å². The third-order valence-electron chi connectivity index (χ3n) is 1.85. The van der Waals surface area contributed by atoms with Crippen LogP contribution in [0.3, 0.4) is 0 Å². The molecule has 0 aromatic heterocycles. The number of hydrogen-bond donors (Lipinski definition) is 1. The average Bonchev–Trinajstić information content (AvgIpc) is 2.25. The van der Waals surface area contributed by atoms with Crippen LogP contribution in [0.4, 0.5) is 0 Å². The molecule has 1 aromatic rings. The Balaban J connectivity index is 2.50. The second-order valence-electron chi connectivity index (χ2n) is 3.18. The average molecular weight is 268 g/mol. The van der Waals surface area contributed by atoms with Gasteiger partial charge < -0.3 is 5.32 Å². The van der Waals surface area contributed by atoms with Crippen LogP contribution in [0, 0.1) is 0 Å². The van der Waals surface area contributed by atoms with Gasteiger partial charge in [0.1, 0.15) is 0 Å². The summed E-state index contributed by atoms with van der Waals surface area (Å²) in [6.45, 7) is 2.75. The first-order valence-corrected chi connectivity index (χ1v) is 5.73. The summed E-state index contributed by atoms with van der Waals surface area (Å²) >= 11 is 3.36. The summed E-state index contributed by atoms with van der Waals surface area (Å²) in [7, 11) is 0. The van der Waals surface area contributed by atoms with Gasteiger partial charge in [-0.25, -0.2) is 0 Å². The molecular weight excluding hydrogens is 254 g/mol. The highest BCUT2D eigenvalue weighted by Crippen LogP contribution is 2.11. The molecule has 0 saturated carbocycles. The van der Waals surface area contributed by atoms with Gasteiger partial charge in [-0.05, 0) is 30.2 Å². The van der Waals surface area contributed by atoms with Crippen molar-refractivity contribution in [3.05, 3.63) is 40.4 Å². The van der Waals surface area contributed by atoms with Crippen LogP contribution in [0.2, 0.25) is 0 Å². The number of hydrogen-bond acceptors (Lipinski definition) is 1. The van der Waals surface area contributed by atoms with Crippen LogP contribution in [-0.4, -0.2) is 12.5 Å². The zero-order chi connectivity index (χ0) is 11.1. The maximum Gasteiger partial charge on any atom is 0.243 e. The Morgan fingerprint density at radius 1 is 1.40 bits per heavy atom. The molecule has 0 fully saturated rings. The number of rotatable bonds is 4. The van der Waals surface area contributed by atoms with E-state index in [2.05, 4.69) is 21.2 Å². The summed E-state index contributed by atoms with van der Waals surface area (Å²) in [4.78, 5) is 11.2. The van der Waals surface area contributed by atoms with Crippen molar-refractivity contribution in [3.63, 3.8) is 0 Å². The predicted octanol–water partition coefficient (Wildman–Crippen LogP) is 2.99. The van der Waals surface area contributed by atoms with Gasteiger partial charge >= 0.3 is 0 Å². The van der Waals surface area contributed by atoms with E-state index in [1.54, 1.807) is 12.2 Å². The smallest absolute Gasteiger partial charge is 0.243 e. The largest absolute Gasteiger partial charge is 0.353 e. The highest BCUT2D eigenvalue weighted by Gasteiger charge is 1.92. The van der Waals surface area contributed by atoms with Crippen molar-refractivity contribution in [2.24, 2.45) is 0 Å². The molecule has 0 radical (unpaired) electrons. The van der Waals surface area contributed by atoms with Gasteiger partial charge in [-0.15, -0.1) is 0 Å². The van der Waals surface area contributed by atoms with E-state index in [1.807, 2.05) is 31.2 Å². The van der Waals surface area contributed by atoms with Crippen molar-refractivity contribution in [2.45, 2.75) is 13.3 Å². The molecule has 15 heavy (non-hydrogen) atoms. The maximum atomic E-state index is 11.2. The van der Waals surface area contributed by atoms with Crippen molar-refractivity contribution in [3.8, 4) is 0 Å². The van der Waals surface area contributed by atoms with Gasteiger partial charge in [0.25, 0.3) is 0 Å². The Morgan fingerprint density at radius 2 is 2.07 bits per heavy atom. The second-order valence-corrected chi connectivity index (χ2v) is 4.09. The lowest BCUT2D eigenvalue weighted by Gasteiger charge is -1.97. The standard InChI is InChI=1S/C12H14BrNO/c1-2-9-14-12(15)8-5-10-3-6-11(13)7-4-10/h3-8H,2,9H2,1H3,(H,14,15)/b8-5-. The third-order valence-corrected chi connectivity index (χ3v) is 2.38. The minimum atomic E-state index is -0.0419. The summed E-state index contributed by atoms with van der Waals surface area (Å²) < 4.78 is 1.04. The maximum absolute atomic E-state index is 11.2. The van der Waals surface area contributed by atoms with Crippen molar-refractivity contribution in [2.75, 3.05) is 6.54 Å². The van der Waals surface area contributed by atoms with Crippen molar-refractivity contribution >= 4 is 27.9 Å². The van der Waals surface area contributed by atoms with Crippen LogP contribution in [0.15, 0.2) is 34.8 Å². The molecule has 0 bridgehead atoms. The molecule has 80 valence electrons. The Hall–Kier alpha value is -1.09. The van der Waals surface area contributed by atoms with E-state index < -0.39 is 0 Å². The molecule has 1 aromatic carbocycles. The minimum absolute atomic E-state index is 0.0419. The van der Waals surface area contributed by atoms with Gasteiger partial charge in [-0.3, -0.25) is 4.79 Å². The molecule has 0 unspecified atom stereocenters. The van der Waals surface area contributed by atoms with E-state index in [1.165, 1.54) is 0 Å². The lowest BCUT2D eigenvalue weighted by Crippen LogP contribution is -2.21. The Kier molecular flexibility index (Phi) is 5.12. The molecule has 1 amide bonds. The van der Waals surface area contributed by atoms with Crippen LogP contribution >= 0.6 is 15.9 Å². The minimum Gasteiger partial charge on any atom is -0.353 e. The van der Waals surface area contributed by atoms with Crippen LogP contribution < -0.4 is 5.32 Å². The van der Waals surface area contributed by atoms with Gasteiger partial charge in [0.2, 0.25) is 5.91 Å². The first-order valence-electron chi connectivity index (χ1n) is 4.94. The normalized spacial score (nSPS) is 10.5. The Labute approximate surface area is 98.5 Å². The summed E-state index contributed by atoms with van der Waals surface area (Å²) in [6.07, 6.45) is 4.31. The first kappa shape index (κ1) is 12.0. The van der Waals surface area contributed by atoms with E-state index in [0.717, 1.165) is 23.0 Å². The van der Waals surface area contributed by atoms with E-state index in [-0.39, 0.29) is 5.91 Å². The molecule has 1 rings (SSSR count). The highest BCUT2D eigenvalue weighted by molar-refractivity contribution is 9.10. The molecule has 1 N–H and O–H groups in total. The summed E-state index contributed by atoms with van der Waals surface area (Å²) in [5, 5.41) is 2.78. The molecule has 0 spiro atoms. The molecule has 0 saturated heterocycles. The van der Waals surface area contributed by atoms with Crippen LogP contribution in [0.5, 0.6) is 0 Å². The topological polar surface area (TPSA) is 29.1 Å². The molecule has 0 aliphatic rings. The third kappa shape index (κ3) is 4.79. The van der Waals surface area contributed by atoms with Crippen LogP contribution in [0.1, 0.15) is 18.9 Å². The zero-order valence-electron chi connectivity index (χ0n) is 8.66. The van der Waals surface area contributed by atoms with Crippen LogP contribution in [0.25, 0.3) is 6.08 Å². The first-order chi connectivity index (χ1) is 7.22. The molecule has 3 heteroatoms. The Morgan fingerprint density at radius 3 is 2.67 bits per heavy atom. The van der Waals surface area contributed by atoms with E-state index >= 15 is 0 Å². The highest BCUT2D eigenvalue weighted by atomic mass is 79.9. The Bertz CT molecular complexity index is 343. The van der Waals surface area contributed by atoms with E-state index in [9.17, 15) is 4.79 Å². The number of carbonyl (C=O) groups is 1. The van der Waals surface area contributed by atoms with E-state index in [0.29, 0.717) is 0 Å². The second kappa shape index (κ2) is 6.40. The number of amides is 1. The lowest BCUT2D eigenvalue weighted by atomic mass is 10.2. The zero-order valence-corrected chi connectivity index (χ0v) is 10.3. The number of halogens is 1. The molecule has 0 aliphatic carbocycles. The number of benzene rings is 1. The fourth-order valence-corrected chi connectivity index (χ4v) is 1.32. The van der Waals surface area contributed by atoms with Crippen LogP contribution in [-0.2, 0) is 4.79 Å². The SMILES string of the molecule is CCCNC(=O)/C=C\c1ccc(Br)cc1. The van der Waals surface area contributed by atoms with Gasteiger partial charge in [0.05, 0.1) is 0 Å². The van der Waals surface area contributed by atoms with Crippen molar-refractivity contribution in [1.29, 1.82) is 0 Å². The summed E-state index contributed by atoms with van der Waals surface area (Å²) in [6, 6.07) is 7.80.